The molecule has 5 nitrogen and oxygen atoms in total. The number of carbonyl (C=O) groups is 1. The number of nitrogens with zero attached hydrogens (tertiary/aromatic N) is 1. The molecule has 0 aromatic carbocycles. The number of carbonyl (C=O) groups excluding carboxylic acids is 1. The largest absolute Gasteiger partial charge is 0.453 e. The molecule has 1 saturated heterocycles. The average Bonchev–Trinajstić information content (AvgIpc) is 2.78. The average molecular weight is 330 g/mol. The zero-order valence-electron chi connectivity index (χ0n) is 11.1. The van der Waals surface area contributed by atoms with E-state index in [0.29, 0.717) is 12.6 Å². The third kappa shape index (κ3) is 4.33. The Morgan fingerprint density at radius 3 is 2.79 bits per heavy atom. The normalized spacial score (nSPS) is 19.5. The highest BCUT2D eigenvalue weighted by Crippen LogP contribution is 2.22. The van der Waals surface area contributed by atoms with Crippen molar-refractivity contribution in [2.45, 2.75) is 31.8 Å². The molecule has 6 heteroatoms. The van der Waals surface area contributed by atoms with Gasteiger partial charge in [-0.1, -0.05) is 0 Å². The Kier molecular flexibility index (Phi) is 5.01. The van der Waals surface area contributed by atoms with Crippen molar-refractivity contribution in [2.75, 3.05) is 19.6 Å². The SMILES string of the molecule is CC(NC1CCN(CC(N)=O)CC1)c1ccc(Br)o1. The van der Waals surface area contributed by atoms with Crippen LogP contribution in [-0.2, 0) is 4.79 Å². The first-order valence-corrected chi connectivity index (χ1v) is 7.36. The quantitative estimate of drug-likeness (QED) is 0.861. The van der Waals surface area contributed by atoms with Gasteiger partial charge in [0, 0.05) is 19.1 Å². The third-order valence-corrected chi connectivity index (χ3v) is 3.90. The molecule has 0 aliphatic carbocycles. The van der Waals surface area contributed by atoms with Crippen LogP contribution < -0.4 is 11.1 Å². The highest BCUT2D eigenvalue weighted by atomic mass is 79.9. The monoisotopic (exact) mass is 329 g/mol. The van der Waals surface area contributed by atoms with Crippen molar-refractivity contribution >= 4 is 21.8 Å². The van der Waals surface area contributed by atoms with E-state index in [-0.39, 0.29) is 11.9 Å². The Balaban J connectivity index is 1.77. The van der Waals surface area contributed by atoms with Gasteiger partial charge in [-0.2, -0.15) is 0 Å². The minimum Gasteiger partial charge on any atom is -0.453 e. The number of hydrogen-bond donors (Lipinski definition) is 2. The second-order valence-corrected chi connectivity index (χ2v) is 5.83. The number of likely N-dealkylation sites (tertiary alicyclic amines) is 1. The molecule has 1 aliphatic heterocycles. The first-order valence-electron chi connectivity index (χ1n) is 6.56. The Hall–Kier alpha value is -0.850. The number of piperidine rings is 1. The maximum atomic E-state index is 10.9. The molecule has 1 fully saturated rings. The summed E-state index contributed by atoms with van der Waals surface area (Å²) < 4.78 is 6.30. The molecule has 3 N–H and O–H groups in total. The lowest BCUT2D eigenvalue weighted by Crippen LogP contribution is -2.45. The molecule has 1 amide bonds. The molecular formula is C13H20BrN3O2. The highest BCUT2D eigenvalue weighted by Gasteiger charge is 2.22. The molecule has 1 atom stereocenters. The number of primary amides is 1. The van der Waals surface area contributed by atoms with Crippen molar-refractivity contribution in [3.8, 4) is 0 Å². The first-order chi connectivity index (χ1) is 9.04. The second kappa shape index (κ2) is 6.54. The smallest absolute Gasteiger partial charge is 0.231 e. The standard InChI is InChI=1S/C13H20BrN3O2/c1-9(11-2-3-12(14)19-11)16-10-4-6-17(7-5-10)8-13(15)18/h2-3,9-10,16H,4-8H2,1H3,(H2,15,18). The lowest BCUT2D eigenvalue weighted by molar-refractivity contribution is -0.119. The Morgan fingerprint density at radius 1 is 1.58 bits per heavy atom. The lowest BCUT2D eigenvalue weighted by Gasteiger charge is -2.32. The van der Waals surface area contributed by atoms with Gasteiger partial charge >= 0.3 is 0 Å². The molecule has 0 spiro atoms. The summed E-state index contributed by atoms with van der Waals surface area (Å²) in [5.41, 5.74) is 5.20. The summed E-state index contributed by atoms with van der Waals surface area (Å²) in [6, 6.07) is 4.54. The Bertz CT molecular complexity index is 427. The number of amides is 1. The van der Waals surface area contributed by atoms with Gasteiger partial charge < -0.3 is 15.5 Å². The van der Waals surface area contributed by atoms with E-state index in [9.17, 15) is 4.79 Å². The Morgan fingerprint density at radius 2 is 2.26 bits per heavy atom. The van der Waals surface area contributed by atoms with E-state index in [1.54, 1.807) is 0 Å². The van der Waals surface area contributed by atoms with E-state index in [0.717, 1.165) is 36.4 Å². The fourth-order valence-electron chi connectivity index (χ4n) is 2.47. The van der Waals surface area contributed by atoms with Crippen LogP contribution in [0.1, 0.15) is 31.6 Å². The van der Waals surface area contributed by atoms with Crippen molar-refractivity contribution in [3.05, 3.63) is 22.6 Å². The number of rotatable bonds is 5. The summed E-state index contributed by atoms with van der Waals surface area (Å²) in [4.78, 5) is 13.0. The van der Waals surface area contributed by atoms with Crippen LogP contribution in [0, 0.1) is 0 Å². The maximum Gasteiger partial charge on any atom is 0.231 e. The number of furan rings is 1. The van der Waals surface area contributed by atoms with Crippen molar-refractivity contribution in [1.29, 1.82) is 0 Å². The molecule has 1 aliphatic rings. The van der Waals surface area contributed by atoms with Gasteiger partial charge in [0.2, 0.25) is 5.91 Å². The predicted molar refractivity (Wildman–Crippen MR) is 76.6 cm³/mol. The topological polar surface area (TPSA) is 71.5 Å². The molecular weight excluding hydrogens is 310 g/mol. The molecule has 0 bridgehead atoms. The third-order valence-electron chi connectivity index (χ3n) is 3.47. The van der Waals surface area contributed by atoms with Gasteiger partial charge in [0.25, 0.3) is 0 Å². The fourth-order valence-corrected chi connectivity index (χ4v) is 2.79. The first kappa shape index (κ1) is 14.6. The number of nitrogens with two attached hydrogens (primary N) is 1. The van der Waals surface area contributed by atoms with Crippen LogP contribution in [0.15, 0.2) is 21.2 Å². The van der Waals surface area contributed by atoms with E-state index in [1.807, 2.05) is 12.1 Å². The highest BCUT2D eigenvalue weighted by molar-refractivity contribution is 9.10. The van der Waals surface area contributed by atoms with Gasteiger partial charge in [0.15, 0.2) is 4.67 Å². The summed E-state index contributed by atoms with van der Waals surface area (Å²) in [5.74, 6) is 0.687. The van der Waals surface area contributed by atoms with Crippen LogP contribution in [0.2, 0.25) is 0 Å². The molecule has 0 saturated carbocycles. The minimum atomic E-state index is -0.250. The van der Waals surface area contributed by atoms with Crippen molar-refractivity contribution < 1.29 is 9.21 Å². The van der Waals surface area contributed by atoms with Crippen LogP contribution in [-0.4, -0.2) is 36.5 Å². The lowest BCUT2D eigenvalue weighted by atomic mass is 10.0. The molecule has 2 heterocycles. The van der Waals surface area contributed by atoms with E-state index in [4.69, 9.17) is 10.2 Å². The summed E-state index contributed by atoms with van der Waals surface area (Å²) >= 11 is 3.31. The van der Waals surface area contributed by atoms with Crippen molar-refractivity contribution in [1.82, 2.24) is 10.2 Å². The minimum absolute atomic E-state index is 0.194. The predicted octanol–water partition coefficient (Wildman–Crippen LogP) is 1.64. The number of nitrogens with one attached hydrogen (secondary N) is 1. The van der Waals surface area contributed by atoms with E-state index >= 15 is 0 Å². The zero-order chi connectivity index (χ0) is 13.8. The maximum absolute atomic E-state index is 10.9. The van der Waals surface area contributed by atoms with Crippen LogP contribution in [0.25, 0.3) is 0 Å². The molecule has 1 aromatic rings. The molecule has 19 heavy (non-hydrogen) atoms. The molecule has 106 valence electrons. The summed E-state index contributed by atoms with van der Waals surface area (Å²) in [7, 11) is 0. The fraction of sp³-hybridized carbons (Fsp3) is 0.615. The van der Waals surface area contributed by atoms with Crippen LogP contribution in [0.5, 0.6) is 0 Å². The van der Waals surface area contributed by atoms with Crippen LogP contribution >= 0.6 is 15.9 Å². The van der Waals surface area contributed by atoms with Crippen LogP contribution in [0.4, 0.5) is 0 Å². The second-order valence-electron chi connectivity index (χ2n) is 5.05. The van der Waals surface area contributed by atoms with Gasteiger partial charge in [-0.3, -0.25) is 9.69 Å². The van der Waals surface area contributed by atoms with Gasteiger partial charge in [-0.05, 0) is 47.8 Å². The molecule has 0 radical (unpaired) electrons. The molecule has 1 aromatic heterocycles. The van der Waals surface area contributed by atoms with E-state index in [1.165, 1.54) is 0 Å². The summed E-state index contributed by atoms with van der Waals surface area (Å²) in [6.45, 7) is 4.29. The van der Waals surface area contributed by atoms with Crippen LogP contribution in [0.3, 0.4) is 0 Å². The summed E-state index contributed by atoms with van der Waals surface area (Å²) in [5, 5.41) is 3.56. The zero-order valence-corrected chi connectivity index (χ0v) is 12.6. The van der Waals surface area contributed by atoms with Crippen molar-refractivity contribution in [2.24, 2.45) is 5.73 Å². The van der Waals surface area contributed by atoms with E-state index < -0.39 is 0 Å². The summed E-state index contributed by atoms with van der Waals surface area (Å²) in [6.07, 6.45) is 2.05. The van der Waals surface area contributed by atoms with Gasteiger partial charge in [-0.25, -0.2) is 0 Å². The molecule has 1 unspecified atom stereocenters. The molecule has 2 rings (SSSR count). The van der Waals surface area contributed by atoms with Gasteiger partial charge in [0.05, 0.1) is 12.6 Å². The Labute approximate surface area is 121 Å². The van der Waals surface area contributed by atoms with Gasteiger partial charge in [0.1, 0.15) is 5.76 Å². The van der Waals surface area contributed by atoms with Gasteiger partial charge in [-0.15, -0.1) is 0 Å². The number of hydrogen-bond acceptors (Lipinski definition) is 4. The number of halogens is 1. The van der Waals surface area contributed by atoms with E-state index in [2.05, 4.69) is 33.1 Å². The van der Waals surface area contributed by atoms with Crippen molar-refractivity contribution in [3.63, 3.8) is 0 Å².